The van der Waals surface area contributed by atoms with E-state index >= 15 is 0 Å². The Balaban J connectivity index is 1.23. The zero-order chi connectivity index (χ0) is 24.1. The van der Waals surface area contributed by atoms with Gasteiger partial charge in [0.1, 0.15) is 18.0 Å². The largest absolute Gasteiger partial charge is 0.698 e. The van der Waals surface area contributed by atoms with E-state index in [0.29, 0.717) is 29.6 Å². The summed E-state index contributed by atoms with van der Waals surface area (Å²) < 4.78 is 24.4. The molecule has 0 aliphatic heterocycles. The number of fused-ring (bicyclic) bond motifs is 5. The van der Waals surface area contributed by atoms with Crippen LogP contribution in [0.4, 0.5) is 0 Å². The summed E-state index contributed by atoms with van der Waals surface area (Å²) >= 11 is 0. The second-order valence-corrected chi connectivity index (χ2v) is 13.6. The average Bonchev–Trinajstić information content (AvgIpc) is 3.16. The van der Waals surface area contributed by atoms with Gasteiger partial charge in [0, 0.05) is 10.5 Å². The molecule has 0 amide bonds. The third kappa shape index (κ3) is 4.22. The smallest absolute Gasteiger partial charge is 0.300 e. The van der Waals surface area contributed by atoms with E-state index in [1.807, 2.05) is 37.3 Å². The molecule has 4 fully saturated rings. The molecule has 4 nitrogen and oxygen atoms in total. The first-order chi connectivity index (χ1) is 16.1. The van der Waals surface area contributed by atoms with Crippen LogP contribution < -0.4 is 0 Å². The van der Waals surface area contributed by atoms with Gasteiger partial charge in [-0.05, 0) is 112 Å². The Bertz CT molecular complexity index is 933. The summed E-state index contributed by atoms with van der Waals surface area (Å²) in [7, 11) is -2.14. The van der Waals surface area contributed by atoms with E-state index in [4.69, 9.17) is 9.05 Å². The molecule has 0 aromatic heterocycles. The highest BCUT2D eigenvalue weighted by Crippen LogP contribution is 2.68. The Kier molecular flexibility index (Phi) is 6.58. The van der Waals surface area contributed by atoms with Crippen molar-refractivity contribution in [2.75, 3.05) is 0 Å². The Morgan fingerprint density at radius 1 is 0.941 bits per heavy atom. The first-order valence-electron chi connectivity index (χ1n) is 13.5. The van der Waals surface area contributed by atoms with E-state index < -0.39 is 8.25 Å². The van der Waals surface area contributed by atoms with Crippen LogP contribution in [0.3, 0.4) is 0 Å². The fourth-order valence-electron chi connectivity index (χ4n) is 9.08. The van der Waals surface area contributed by atoms with Crippen LogP contribution >= 0.6 is 8.25 Å². The number of carbonyl (C=O) groups excluding carboxylic acids is 1. The molecule has 5 rings (SSSR count). The quantitative estimate of drug-likeness (QED) is 0.385. The summed E-state index contributed by atoms with van der Waals surface area (Å²) in [5, 5.41) is 0. The van der Waals surface area contributed by atoms with Crippen molar-refractivity contribution in [2.45, 2.75) is 97.7 Å². The summed E-state index contributed by atoms with van der Waals surface area (Å²) in [6.45, 7) is 9.25. The van der Waals surface area contributed by atoms with E-state index in [0.717, 1.165) is 43.1 Å². The topological polar surface area (TPSA) is 52.6 Å². The van der Waals surface area contributed by atoms with E-state index in [-0.39, 0.29) is 16.9 Å². The molecular weight excluding hydrogens is 443 g/mol. The predicted molar refractivity (Wildman–Crippen MR) is 134 cm³/mol. The minimum absolute atomic E-state index is 0.219. The molecule has 34 heavy (non-hydrogen) atoms. The number of hydrogen-bond donors (Lipinski definition) is 0. The van der Waals surface area contributed by atoms with E-state index in [9.17, 15) is 9.36 Å². The summed E-state index contributed by atoms with van der Waals surface area (Å²) in [5.74, 6) is 3.53. The first-order valence-corrected chi connectivity index (χ1v) is 14.6. The molecule has 1 aromatic rings. The van der Waals surface area contributed by atoms with Crippen LogP contribution in [0.5, 0.6) is 0 Å². The number of Topliss-reactive ketones (excluding diaryl/α,β-unsaturated/α-hetero) is 1. The second-order valence-electron chi connectivity index (χ2n) is 12.7. The molecule has 4 saturated carbocycles. The average molecular weight is 486 g/mol. The van der Waals surface area contributed by atoms with E-state index in [1.54, 1.807) is 0 Å². The third-order valence-electron chi connectivity index (χ3n) is 10.9. The van der Waals surface area contributed by atoms with E-state index in [1.165, 1.54) is 32.1 Å². The van der Waals surface area contributed by atoms with Crippen molar-refractivity contribution in [1.82, 2.24) is 0 Å². The van der Waals surface area contributed by atoms with Gasteiger partial charge in [0.25, 0.3) is 0 Å². The molecule has 1 aromatic carbocycles. The van der Waals surface area contributed by atoms with Crippen molar-refractivity contribution in [3.05, 3.63) is 35.9 Å². The first kappa shape index (κ1) is 24.6. The number of carbonyl (C=O) groups is 1. The number of ketones is 1. The molecule has 0 bridgehead atoms. The molecule has 4 aliphatic rings. The van der Waals surface area contributed by atoms with E-state index in [2.05, 4.69) is 20.8 Å². The number of rotatable bonds is 6. The lowest BCUT2D eigenvalue weighted by molar-refractivity contribution is -0.146. The lowest BCUT2D eigenvalue weighted by Crippen LogP contribution is -2.55. The molecule has 186 valence electrons. The zero-order valence-electron chi connectivity index (χ0n) is 21.4. The molecule has 0 radical (unpaired) electrons. The van der Waals surface area contributed by atoms with Crippen molar-refractivity contribution in [3.63, 3.8) is 0 Å². The minimum Gasteiger partial charge on any atom is -0.300 e. The zero-order valence-corrected chi connectivity index (χ0v) is 22.3. The van der Waals surface area contributed by atoms with Crippen LogP contribution in [0.15, 0.2) is 30.3 Å². The van der Waals surface area contributed by atoms with Gasteiger partial charge in [0.15, 0.2) is 0 Å². The molecule has 0 saturated heterocycles. The third-order valence-corrected chi connectivity index (χ3v) is 11.8. The van der Waals surface area contributed by atoms with Gasteiger partial charge in [0.2, 0.25) is 0 Å². The van der Waals surface area contributed by atoms with Gasteiger partial charge < -0.3 is 0 Å². The SMILES string of the molecule is CC(=O)[C@H]1CCC2C3CCC4C[C@](C)(O[P+](=O)OCc5ccccc5)CC[C@]4(C)C3CC[C@@]21C. The fourth-order valence-corrected chi connectivity index (χ4v) is 9.91. The Labute approximate surface area is 206 Å². The molecular formula is C29H42O4P+. The molecule has 5 heteroatoms. The summed E-state index contributed by atoms with van der Waals surface area (Å²) in [6, 6.07) is 9.86. The van der Waals surface area contributed by atoms with Crippen LogP contribution in [0, 0.1) is 40.4 Å². The summed E-state index contributed by atoms with van der Waals surface area (Å²) in [4.78, 5) is 12.4. The summed E-state index contributed by atoms with van der Waals surface area (Å²) in [5.41, 5.74) is 1.18. The predicted octanol–water partition coefficient (Wildman–Crippen LogP) is 7.88. The van der Waals surface area contributed by atoms with Crippen LogP contribution in [-0.4, -0.2) is 11.4 Å². The van der Waals surface area contributed by atoms with Crippen molar-refractivity contribution >= 4 is 14.0 Å². The molecule has 0 heterocycles. The van der Waals surface area contributed by atoms with Gasteiger partial charge in [-0.25, -0.2) is 0 Å². The van der Waals surface area contributed by atoms with Crippen LogP contribution in [0.25, 0.3) is 0 Å². The van der Waals surface area contributed by atoms with Crippen LogP contribution in [0.2, 0.25) is 0 Å². The van der Waals surface area contributed by atoms with Gasteiger partial charge in [-0.2, -0.15) is 0 Å². The Morgan fingerprint density at radius 3 is 2.41 bits per heavy atom. The molecule has 0 spiro atoms. The normalized spacial score (nSPS) is 44.0. The monoisotopic (exact) mass is 485 g/mol. The number of hydrogen-bond acceptors (Lipinski definition) is 4. The second kappa shape index (κ2) is 9.09. The van der Waals surface area contributed by atoms with Gasteiger partial charge in [-0.3, -0.25) is 4.79 Å². The maximum absolute atomic E-state index is 12.7. The highest BCUT2D eigenvalue weighted by molar-refractivity contribution is 7.33. The molecule has 0 N–H and O–H groups in total. The summed E-state index contributed by atoms with van der Waals surface area (Å²) in [6.07, 6.45) is 10.4. The van der Waals surface area contributed by atoms with Crippen molar-refractivity contribution in [1.29, 1.82) is 0 Å². The molecule has 4 aliphatic carbocycles. The molecule has 9 atom stereocenters. The lowest BCUT2D eigenvalue weighted by Gasteiger charge is -2.61. The fraction of sp³-hybridized carbons (Fsp3) is 0.759. The van der Waals surface area contributed by atoms with Gasteiger partial charge in [-0.15, -0.1) is 9.05 Å². The standard InChI is InChI=1S/C29H42O4P/c1-20(30)24-12-13-25-23-11-10-22-18-27(2,33-34(31)32-19-21-8-6-5-7-9-21)16-17-28(22,3)26(23)14-15-29(24,25)4/h5-9,22-26H,10-19H2,1-4H3/q+1/t22?,23?,24-,25?,26?,27-,28+,29-/m1/s1. The highest BCUT2D eigenvalue weighted by Gasteiger charge is 2.62. The lowest BCUT2D eigenvalue weighted by atomic mass is 9.44. The van der Waals surface area contributed by atoms with Gasteiger partial charge in [0.05, 0.1) is 0 Å². The van der Waals surface area contributed by atoms with Gasteiger partial charge in [-0.1, -0.05) is 44.2 Å². The Hall–Kier alpha value is -1.09. The van der Waals surface area contributed by atoms with Crippen LogP contribution in [-0.2, 0) is 25.0 Å². The highest BCUT2D eigenvalue weighted by atomic mass is 31.1. The molecule has 5 unspecified atom stereocenters. The van der Waals surface area contributed by atoms with Crippen LogP contribution in [0.1, 0.15) is 91.0 Å². The van der Waals surface area contributed by atoms with Crippen molar-refractivity contribution in [3.8, 4) is 0 Å². The maximum atomic E-state index is 12.7. The van der Waals surface area contributed by atoms with Crippen molar-refractivity contribution in [2.24, 2.45) is 40.4 Å². The Morgan fingerprint density at radius 2 is 1.68 bits per heavy atom. The maximum Gasteiger partial charge on any atom is 0.698 e. The van der Waals surface area contributed by atoms with Crippen molar-refractivity contribution < 1.29 is 18.4 Å². The minimum atomic E-state index is -2.14. The van der Waals surface area contributed by atoms with Gasteiger partial charge >= 0.3 is 8.25 Å². The number of benzene rings is 1.